The Bertz CT molecular complexity index is 648. The maximum Gasteiger partial charge on any atom is 0.244 e. The third kappa shape index (κ3) is 2.35. The van der Waals surface area contributed by atoms with E-state index in [0.29, 0.717) is 23.5 Å². The Morgan fingerprint density at radius 1 is 1.05 bits per heavy atom. The molecule has 5 heteroatoms. The van der Waals surface area contributed by atoms with Gasteiger partial charge in [-0.2, -0.15) is 0 Å². The summed E-state index contributed by atoms with van der Waals surface area (Å²) in [7, 11) is -2.03. The average molecular weight is 321 g/mol. The van der Waals surface area contributed by atoms with Crippen molar-refractivity contribution in [3.8, 4) is 5.75 Å². The first kappa shape index (κ1) is 14.5. The number of nitrogens with one attached hydrogen (secondary N) is 1. The lowest BCUT2D eigenvalue weighted by atomic mass is 9.53. The summed E-state index contributed by atoms with van der Waals surface area (Å²) in [5.74, 6) is 2.56. The van der Waals surface area contributed by atoms with Crippen molar-refractivity contribution in [3.63, 3.8) is 0 Å². The Morgan fingerprint density at radius 2 is 1.59 bits per heavy atom. The van der Waals surface area contributed by atoms with E-state index < -0.39 is 10.0 Å². The molecule has 22 heavy (non-hydrogen) atoms. The molecule has 0 aromatic heterocycles. The van der Waals surface area contributed by atoms with Crippen molar-refractivity contribution in [2.24, 2.45) is 17.8 Å². The molecule has 0 heterocycles. The van der Waals surface area contributed by atoms with Crippen LogP contribution in [-0.4, -0.2) is 21.1 Å². The Morgan fingerprint density at radius 3 is 2.14 bits per heavy atom. The molecule has 0 amide bonds. The number of rotatable bonds is 4. The molecule has 4 aliphatic carbocycles. The second-order valence-electron chi connectivity index (χ2n) is 7.45. The van der Waals surface area contributed by atoms with E-state index in [2.05, 4.69) is 4.72 Å². The smallest absolute Gasteiger partial charge is 0.244 e. The molecule has 4 aliphatic rings. The zero-order chi connectivity index (χ0) is 15.4. The van der Waals surface area contributed by atoms with Crippen molar-refractivity contribution in [1.82, 2.24) is 4.72 Å². The largest absolute Gasteiger partial charge is 0.495 e. The van der Waals surface area contributed by atoms with E-state index in [-0.39, 0.29) is 10.4 Å². The maximum atomic E-state index is 12.9. The number of benzene rings is 1. The Labute approximate surface area is 132 Å². The molecule has 4 nitrogen and oxygen atoms in total. The van der Waals surface area contributed by atoms with Crippen LogP contribution in [0.1, 0.15) is 38.5 Å². The van der Waals surface area contributed by atoms with Crippen LogP contribution in [0.5, 0.6) is 5.75 Å². The van der Waals surface area contributed by atoms with Gasteiger partial charge < -0.3 is 4.74 Å². The molecule has 0 spiro atoms. The molecule has 4 bridgehead atoms. The highest BCUT2D eigenvalue weighted by Gasteiger charge is 2.52. The predicted octanol–water partition coefficient (Wildman–Crippen LogP) is 2.94. The molecule has 5 rings (SSSR count). The highest BCUT2D eigenvalue weighted by atomic mass is 32.2. The molecular weight excluding hydrogens is 298 g/mol. The first-order chi connectivity index (χ1) is 10.5. The summed E-state index contributed by atoms with van der Waals surface area (Å²) in [4.78, 5) is 0.258. The molecule has 1 aromatic rings. The van der Waals surface area contributed by atoms with Crippen LogP contribution < -0.4 is 9.46 Å². The van der Waals surface area contributed by atoms with E-state index >= 15 is 0 Å². The van der Waals surface area contributed by atoms with E-state index in [1.54, 1.807) is 24.3 Å². The Hall–Kier alpha value is -1.07. The lowest BCUT2D eigenvalue weighted by Crippen LogP contribution is -2.59. The highest BCUT2D eigenvalue weighted by molar-refractivity contribution is 7.89. The van der Waals surface area contributed by atoms with Crippen molar-refractivity contribution >= 4 is 10.0 Å². The minimum atomic E-state index is -3.54. The lowest BCUT2D eigenvalue weighted by molar-refractivity contribution is -0.00811. The fraction of sp³-hybridized carbons (Fsp3) is 0.647. The van der Waals surface area contributed by atoms with Gasteiger partial charge in [0.15, 0.2) is 0 Å². The summed E-state index contributed by atoms with van der Waals surface area (Å²) in [5, 5.41) is 0. The van der Waals surface area contributed by atoms with Crippen molar-refractivity contribution < 1.29 is 13.2 Å². The van der Waals surface area contributed by atoms with Crippen molar-refractivity contribution in [2.45, 2.75) is 49.0 Å². The van der Waals surface area contributed by atoms with Gasteiger partial charge in [0, 0.05) is 5.54 Å². The molecular formula is C17H23NO3S. The van der Waals surface area contributed by atoms with Gasteiger partial charge in [0.05, 0.1) is 7.11 Å². The minimum absolute atomic E-state index is 0.214. The highest BCUT2D eigenvalue weighted by Crippen LogP contribution is 2.56. The number of sulfonamides is 1. The molecule has 4 saturated carbocycles. The number of ether oxygens (including phenoxy) is 1. The zero-order valence-corrected chi connectivity index (χ0v) is 13.7. The topological polar surface area (TPSA) is 55.4 Å². The molecule has 0 saturated heterocycles. The van der Waals surface area contributed by atoms with Gasteiger partial charge in [-0.15, -0.1) is 0 Å². The van der Waals surface area contributed by atoms with Gasteiger partial charge in [0.2, 0.25) is 10.0 Å². The van der Waals surface area contributed by atoms with Crippen LogP contribution >= 0.6 is 0 Å². The van der Waals surface area contributed by atoms with Crippen LogP contribution in [0.2, 0.25) is 0 Å². The lowest BCUT2D eigenvalue weighted by Gasteiger charge is -2.56. The van der Waals surface area contributed by atoms with Crippen LogP contribution in [0, 0.1) is 17.8 Å². The maximum absolute atomic E-state index is 12.9. The summed E-state index contributed by atoms with van der Waals surface area (Å²) >= 11 is 0. The third-order valence-electron chi connectivity index (χ3n) is 5.75. The second kappa shape index (κ2) is 4.96. The van der Waals surface area contributed by atoms with Crippen LogP contribution in [-0.2, 0) is 10.0 Å². The van der Waals surface area contributed by atoms with E-state index in [4.69, 9.17) is 4.74 Å². The van der Waals surface area contributed by atoms with Crippen LogP contribution in [0.15, 0.2) is 29.2 Å². The summed E-state index contributed by atoms with van der Waals surface area (Å²) in [5.41, 5.74) is -0.214. The van der Waals surface area contributed by atoms with Gasteiger partial charge in [-0.05, 0) is 68.4 Å². The molecule has 0 atom stereocenters. The average Bonchev–Trinajstić information content (AvgIpc) is 2.44. The predicted molar refractivity (Wildman–Crippen MR) is 84.2 cm³/mol. The van der Waals surface area contributed by atoms with Gasteiger partial charge in [-0.25, -0.2) is 13.1 Å². The fourth-order valence-corrected chi connectivity index (χ4v) is 7.02. The molecule has 120 valence electrons. The molecule has 4 fully saturated rings. The van der Waals surface area contributed by atoms with E-state index in [0.717, 1.165) is 19.3 Å². The standard InChI is InChI=1S/C17H23NO3S/c1-21-15-4-2-3-5-16(15)22(19,20)18-17-9-12-6-13(10-17)8-14(7-12)11-17/h2-5,12-14,18H,6-11H2,1H3. The fourth-order valence-electron chi connectivity index (χ4n) is 5.42. The molecule has 1 N–H and O–H groups in total. The number of para-hydroxylation sites is 1. The van der Waals surface area contributed by atoms with Gasteiger partial charge in [0.25, 0.3) is 0 Å². The van der Waals surface area contributed by atoms with Gasteiger partial charge in [-0.3, -0.25) is 0 Å². The molecule has 0 radical (unpaired) electrons. The third-order valence-corrected chi connectivity index (χ3v) is 7.37. The second-order valence-corrected chi connectivity index (χ2v) is 9.11. The van der Waals surface area contributed by atoms with Crippen molar-refractivity contribution in [3.05, 3.63) is 24.3 Å². The normalized spacial score (nSPS) is 36.5. The first-order valence-corrected chi connectivity index (χ1v) is 9.65. The number of hydrogen-bond donors (Lipinski definition) is 1. The van der Waals surface area contributed by atoms with E-state index in [9.17, 15) is 8.42 Å². The van der Waals surface area contributed by atoms with Crippen LogP contribution in [0.3, 0.4) is 0 Å². The monoisotopic (exact) mass is 321 g/mol. The first-order valence-electron chi connectivity index (χ1n) is 8.17. The molecule has 1 aromatic carbocycles. The number of methoxy groups -OCH3 is 1. The van der Waals surface area contributed by atoms with E-state index in [1.165, 1.54) is 26.4 Å². The quantitative estimate of drug-likeness (QED) is 0.927. The zero-order valence-electron chi connectivity index (χ0n) is 12.9. The van der Waals surface area contributed by atoms with Gasteiger partial charge in [-0.1, -0.05) is 12.1 Å². The molecule has 0 aliphatic heterocycles. The summed E-state index contributed by atoms with van der Waals surface area (Å²) in [6.07, 6.45) is 6.93. The number of hydrogen-bond acceptors (Lipinski definition) is 3. The van der Waals surface area contributed by atoms with Gasteiger partial charge in [0.1, 0.15) is 10.6 Å². The SMILES string of the molecule is COc1ccccc1S(=O)(=O)NC12CC3CC(CC(C3)C1)C2. The molecule has 0 unspecified atom stereocenters. The van der Waals surface area contributed by atoms with Crippen LogP contribution in [0.25, 0.3) is 0 Å². The summed E-state index contributed by atoms with van der Waals surface area (Å²) in [6.45, 7) is 0. The van der Waals surface area contributed by atoms with Crippen molar-refractivity contribution in [1.29, 1.82) is 0 Å². The summed E-state index contributed by atoms with van der Waals surface area (Å²) < 4.78 is 34.1. The minimum Gasteiger partial charge on any atom is -0.495 e. The Kier molecular flexibility index (Phi) is 3.28. The van der Waals surface area contributed by atoms with Crippen molar-refractivity contribution in [2.75, 3.05) is 7.11 Å². The van der Waals surface area contributed by atoms with Crippen LogP contribution in [0.4, 0.5) is 0 Å². The summed E-state index contributed by atoms with van der Waals surface area (Å²) in [6, 6.07) is 6.87. The van der Waals surface area contributed by atoms with Gasteiger partial charge >= 0.3 is 0 Å². The Balaban J connectivity index is 1.65. The van der Waals surface area contributed by atoms with E-state index in [1.807, 2.05) is 0 Å².